The Morgan fingerprint density at radius 2 is 1.07 bits per heavy atom. The largest absolute Gasteiger partial charge is 0.490 e. The molecule has 0 saturated carbocycles. The van der Waals surface area contributed by atoms with E-state index in [2.05, 4.69) is 114 Å². The van der Waals surface area contributed by atoms with E-state index in [1.165, 1.54) is 27.1 Å². The second-order valence-corrected chi connectivity index (χ2v) is 10.4. The first-order chi connectivity index (χ1) is 20.7. The maximum atomic E-state index is 10.3. The van der Waals surface area contributed by atoms with Crippen LogP contribution in [0.2, 0.25) is 0 Å². The molecular formula is C38H28BNO2. The van der Waals surface area contributed by atoms with Crippen molar-refractivity contribution < 1.29 is 10.0 Å². The molecule has 0 spiro atoms. The van der Waals surface area contributed by atoms with Gasteiger partial charge in [-0.1, -0.05) is 121 Å². The fourth-order valence-corrected chi connectivity index (χ4v) is 5.88. The molecule has 200 valence electrons. The molecule has 4 heteroatoms. The summed E-state index contributed by atoms with van der Waals surface area (Å²) < 4.78 is 0. The van der Waals surface area contributed by atoms with E-state index in [1.807, 2.05) is 42.5 Å². The molecule has 0 atom stereocenters. The van der Waals surface area contributed by atoms with Gasteiger partial charge < -0.3 is 14.9 Å². The lowest BCUT2D eigenvalue weighted by Crippen LogP contribution is -2.34. The highest BCUT2D eigenvalue weighted by molar-refractivity contribution is 6.60. The van der Waals surface area contributed by atoms with Gasteiger partial charge in [0.05, 0.1) is 0 Å². The van der Waals surface area contributed by atoms with Gasteiger partial charge in [0.2, 0.25) is 0 Å². The lowest BCUT2D eigenvalue weighted by atomic mass is 9.78. The van der Waals surface area contributed by atoms with Gasteiger partial charge in [0.1, 0.15) is 0 Å². The normalized spacial score (nSPS) is 11.1. The van der Waals surface area contributed by atoms with Crippen LogP contribution in [0, 0.1) is 0 Å². The van der Waals surface area contributed by atoms with Crippen LogP contribution in [0.1, 0.15) is 0 Å². The van der Waals surface area contributed by atoms with Gasteiger partial charge in [-0.25, -0.2) is 0 Å². The summed E-state index contributed by atoms with van der Waals surface area (Å²) >= 11 is 0. The van der Waals surface area contributed by atoms with Gasteiger partial charge in [-0.15, -0.1) is 0 Å². The molecule has 0 aliphatic heterocycles. The van der Waals surface area contributed by atoms with E-state index in [-0.39, 0.29) is 0 Å². The Hall–Kier alpha value is -5.16. The molecule has 7 aromatic carbocycles. The highest BCUT2D eigenvalue weighted by Crippen LogP contribution is 2.39. The Bertz CT molecular complexity index is 2020. The third-order valence-electron chi connectivity index (χ3n) is 7.87. The first kappa shape index (κ1) is 25.8. The number of anilines is 3. The molecule has 0 saturated heterocycles. The van der Waals surface area contributed by atoms with Crippen molar-refractivity contribution in [3.63, 3.8) is 0 Å². The Morgan fingerprint density at radius 1 is 0.429 bits per heavy atom. The van der Waals surface area contributed by atoms with E-state index < -0.39 is 7.12 Å². The minimum absolute atomic E-state index is 0.437. The standard InChI is InChI=1S/C38H28BNO2/c41-39(42)37-19-8-9-20-38(37)40(32-15-10-14-29(25-32)27-11-2-1-3-12-27)31-23-21-28(22-24-31)36-26-30-13-4-5-16-33(30)34-17-6-7-18-35(34)36/h1-26,41-42H. The molecule has 2 N–H and O–H groups in total. The predicted molar refractivity (Wildman–Crippen MR) is 177 cm³/mol. The average Bonchev–Trinajstić information content (AvgIpc) is 3.06. The van der Waals surface area contributed by atoms with Gasteiger partial charge in [0, 0.05) is 22.5 Å². The van der Waals surface area contributed by atoms with Crippen molar-refractivity contribution in [1.29, 1.82) is 0 Å². The second kappa shape index (κ2) is 11.0. The van der Waals surface area contributed by atoms with Crippen LogP contribution >= 0.6 is 0 Å². The number of rotatable bonds is 6. The Morgan fingerprint density at radius 3 is 1.86 bits per heavy atom. The van der Waals surface area contributed by atoms with Crippen molar-refractivity contribution in [1.82, 2.24) is 0 Å². The molecule has 0 radical (unpaired) electrons. The van der Waals surface area contributed by atoms with Gasteiger partial charge >= 0.3 is 7.12 Å². The SMILES string of the molecule is OB(O)c1ccccc1N(c1ccc(-c2cc3ccccc3c3ccccc23)cc1)c1cccc(-c2ccccc2)c1. The number of hydrogen-bond acceptors (Lipinski definition) is 3. The van der Waals surface area contributed by atoms with Crippen molar-refractivity contribution in [2.24, 2.45) is 0 Å². The van der Waals surface area contributed by atoms with Crippen molar-refractivity contribution in [3.05, 3.63) is 158 Å². The zero-order valence-electron chi connectivity index (χ0n) is 22.9. The number of hydrogen-bond donors (Lipinski definition) is 2. The molecule has 0 fully saturated rings. The summed E-state index contributed by atoms with van der Waals surface area (Å²) in [5.41, 5.74) is 7.49. The summed E-state index contributed by atoms with van der Waals surface area (Å²) in [5, 5.41) is 25.5. The van der Waals surface area contributed by atoms with Crippen LogP contribution < -0.4 is 10.4 Å². The van der Waals surface area contributed by atoms with Gasteiger partial charge in [-0.05, 0) is 80.2 Å². The van der Waals surface area contributed by atoms with Crippen LogP contribution in [0.5, 0.6) is 0 Å². The van der Waals surface area contributed by atoms with Crippen LogP contribution in [0.25, 0.3) is 43.8 Å². The lowest BCUT2D eigenvalue weighted by Gasteiger charge is -2.28. The molecule has 42 heavy (non-hydrogen) atoms. The van der Waals surface area contributed by atoms with E-state index in [9.17, 15) is 10.0 Å². The van der Waals surface area contributed by atoms with Crippen LogP contribution in [0.4, 0.5) is 17.1 Å². The van der Waals surface area contributed by atoms with E-state index >= 15 is 0 Å². The molecular weight excluding hydrogens is 513 g/mol. The van der Waals surface area contributed by atoms with Gasteiger partial charge in [0.25, 0.3) is 0 Å². The van der Waals surface area contributed by atoms with Crippen molar-refractivity contribution in [2.45, 2.75) is 0 Å². The van der Waals surface area contributed by atoms with E-state index in [1.54, 1.807) is 6.07 Å². The summed E-state index contributed by atoms with van der Waals surface area (Å²) in [7, 11) is -1.61. The van der Waals surface area contributed by atoms with Gasteiger partial charge in [-0.3, -0.25) is 0 Å². The average molecular weight is 541 g/mol. The molecule has 0 aromatic heterocycles. The molecule has 0 bridgehead atoms. The summed E-state index contributed by atoms with van der Waals surface area (Å²) in [5.74, 6) is 0. The molecule has 0 aliphatic rings. The van der Waals surface area contributed by atoms with Crippen LogP contribution in [-0.2, 0) is 0 Å². The monoisotopic (exact) mass is 541 g/mol. The summed E-state index contributed by atoms with van der Waals surface area (Å²) in [4.78, 5) is 2.09. The quantitative estimate of drug-likeness (QED) is 0.164. The smallest absolute Gasteiger partial charge is 0.423 e. The maximum Gasteiger partial charge on any atom is 0.490 e. The number of fused-ring (bicyclic) bond motifs is 3. The minimum atomic E-state index is -1.61. The fraction of sp³-hybridized carbons (Fsp3) is 0. The highest BCUT2D eigenvalue weighted by Gasteiger charge is 2.22. The van der Waals surface area contributed by atoms with E-state index in [4.69, 9.17) is 0 Å². The number of benzene rings is 7. The van der Waals surface area contributed by atoms with Crippen LogP contribution in [0.3, 0.4) is 0 Å². The van der Waals surface area contributed by atoms with Crippen molar-refractivity contribution in [3.8, 4) is 22.3 Å². The molecule has 7 aromatic rings. The maximum absolute atomic E-state index is 10.3. The third-order valence-corrected chi connectivity index (χ3v) is 7.87. The summed E-state index contributed by atoms with van der Waals surface area (Å²) in [6.45, 7) is 0. The summed E-state index contributed by atoms with van der Waals surface area (Å²) in [6.07, 6.45) is 0. The van der Waals surface area contributed by atoms with E-state index in [0.29, 0.717) is 11.2 Å². The zero-order valence-corrected chi connectivity index (χ0v) is 22.9. The first-order valence-corrected chi connectivity index (χ1v) is 14.1. The minimum Gasteiger partial charge on any atom is -0.423 e. The summed E-state index contributed by atoms with van der Waals surface area (Å²) in [6, 6.07) is 53.9. The number of para-hydroxylation sites is 1. The Kier molecular flexibility index (Phi) is 6.77. The van der Waals surface area contributed by atoms with E-state index in [0.717, 1.165) is 28.1 Å². The zero-order chi connectivity index (χ0) is 28.5. The van der Waals surface area contributed by atoms with Crippen LogP contribution in [0.15, 0.2) is 158 Å². The molecule has 7 rings (SSSR count). The first-order valence-electron chi connectivity index (χ1n) is 14.1. The highest BCUT2D eigenvalue weighted by atomic mass is 16.4. The lowest BCUT2D eigenvalue weighted by molar-refractivity contribution is 0.426. The fourth-order valence-electron chi connectivity index (χ4n) is 5.88. The van der Waals surface area contributed by atoms with Gasteiger partial charge in [0.15, 0.2) is 0 Å². The molecule has 0 amide bonds. The Balaban J connectivity index is 1.38. The Labute approximate surface area is 245 Å². The molecule has 3 nitrogen and oxygen atoms in total. The van der Waals surface area contributed by atoms with Crippen molar-refractivity contribution >= 4 is 51.2 Å². The number of nitrogens with zero attached hydrogens (tertiary/aromatic N) is 1. The molecule has 0 unspecified atom stereocenters. The van der Waals surface area contributed by atoms with Crippen LogP contribution in [-0.4, -0.2) is 17.2 Å². The topological polar surface area (TPSA) is 43.7 Å². The third kappa shape index (κ3) is 4.73. The van der Waals surface area contributed by atoms with Crippen molar-refractivity contribution in [2.75, 3.05) is 4.90 Å². The molecule has 0 aliphatic carbocycles. The van der Waals surface area contributed by atoms with Gasteiger partial charge in [-0.2, -0.15) is 0 Å². The predicted octanol–water partition coefficient (Wildman–Crippen LogP) is 8.48. The second-order valence-electron chi connectivity index (χ2n) is 10.4. The molecule has 0 heterocycles.